The summed E-state index contributed by atoms with van der Waals surface area (Å²) in [5, 5.41) is 18.0. The van der Waals surface area contributed by atoms with Gasteiger partial charge in [0, 0.05) is 18.3 Å². The zero-order chi connectivity index (χ0) is 12.3. The molecule has 1 saturated heterocycles. The zero-order valence-corrected chi connectivity index (χ0v) is 9.33. The predicted molar refractivity (Wildman–Crippen MR) is 60.0 cm³/mol. The average Bonchev–Trinajstić information content (AvgIpc) is 2.78. The fourth-order valence-electron chi connectivity index (χ4n) is 2.18. The quantitative estimate of drug-likeness (QED) is 0.839. The number of aromatic nitrogens is 1. The summed E-state index contributed by atoms with van der Waals surface area (Å²) < 4.78 is 0. The fraction of sp³-hybridized carbons (Fsp3) is 0.417. The zero-order valence-electron chi connectivity index (χ0n) is 9.33. The summed E-state index contributed by atoms with van der Waals surface area (Å²) in [7, 11) is 0. The molecule has 1 aromatic heterocycles. The second kappa shape index (κ2) is 4.93. The van der Waals surface area contributed by atoms with Gasteiger partial charge in [-0.15, -0.1) is 0 Å². The minimum atomic E-state index is -0.787. The molecule has 0 radical (unpaired) electrons. The summed E-state index contributed by atoms with van der Waals surface area (Å²) in [4.78, 5) is 16.9. The Morgan fingerprint density at radius 2 is 2.53 bits per heavy atom. The highest BCUT2D eigenvalue weighted by Gasteiger charge is 2.30. The van der Waals surface area contributed by atoms with Crippen LogP contribution in [0.4, 0.5) is 0 Å². The van der Waals surface area contributed by atoms with Gasteiger partial charge in [-0.05, 0) is 25.5 Å². The van der Waals surface area contributed by atoms with E-state index in [1.54, 1.807) is 12.3 Å². The summed E-state index contributed by atoms with van der Waals surface area (Å²) in [5.74, 6) is -0.787. The van der Waals surface area contributed by atoms with E-state index >= 15 is 0 Å². The number of nitriles is 1. The fourth-order valence-corrected chi connectivity index (χ4v) is 2.18. The molecule has 2 heterocycles. The van der Waals surface area contributed by atoms with E-state index in [-0.39, 0.29) is 0 Å². The van der Waals surface area contributed by atoms with Crippen LogP contribution in [0.1, 0.15) is 24.1 Å². The molecule has 2 rings (SSSR count). The van der Waals surface area contributed by atoms with Gasteiger partial charge in [0.15, 0.2) is 0 Å². The normalized spacial score (nSPS) is 20.1. The van der Waals surface area contributed by atoms with Crippen molar-refractivity contribution in [1.29, 1.82) is 5.26 Å². The molecule has 88 valence electrons. The molecule has 0 amide bonds. The van der Waals surface area contributed by atoms with Gasteiger partial charge >= 0.3 is 5.97 Å². The van der Waals surface area contributed by atoms with Crippen LogP contribution in [0, 0.1) is 11.3 Å². The van der Waals surface area contributed by atoms with E-state index in [4.69, 9.17) is 10.4 Å². The number of rotatable bonds is 3. The largest absolute Gasteiger partial charge is 0.480 e. The second-order valence-electron chi connectivity index (χ2n) is 4.09. The van der Waals surface area contributed by atoms with Crippen molar-refractivity contribution in [2.45, 2.75) is 25.4 Å². The van der Waals surface area contributed by atoms with Crippen molar-refractivity contribution in [1.82, 2.24) is 9.88 Å². The van der Waals surface area contributed by atoms with E-state index in [0.29, 0.717) is 18.7 Å². The van der Waals surface area contributed by atoms with E-state index in [9.17, 15) is 4.79 Å². The molecule has 1 unspecified atom stereocenters. The molecule has 1 aromatic rings. The van der Waals surface area contributed by atoms with Crippen molar-refractivity contribution < 1.29 is 9.90 Å². The Bertz CT molecular complexity index is 467. The van der Waals surface area contributed by atoms with Crippen LogP contribution in [-0.4, -0.2) is 33.5 Å². The summed E-state index contributed by atoms with van der Waals surface area (Å²) in [6.45, 7) is 1.24. The van der Waals surface area contributed by atoms with Gasteiger partial charge in [-0.1, -0.05) is 6.07 Å². The van der Waals surface area contributed by atoms with Crippen molar-refractivity contribution in [3.63, 3.8) is 0 Å². The molecule has 5 nitrogen and oxygen atoms in total. The first-order valence-electron chi connectivity index (χ1n) is 5.53. The van der Waals surface area contributed by atoms with Crippen molar-refractivity contribution >= 4 is 5.97 Å². The molecule has 1 aliphatic rings. The standard InChI is InChI=1S/C12H13N3O2/c13-7-10-9(3-1-5-14-10)8-15-6-2-4-11(15)12(16)17/h1,3,5,11H,2,4,6,8H2,(H,16,17). The molecule has 1 aliphatic heterocycles. The van der Waals surface area contributed by atoms with Crippen LogP contribution in [0.5, 0.6) is 0 Å². The number of carboxylic acid groups (broad SMARTS) is 1. The molecule has 5 heteroatoms. The molecule has 0 aliphatic carbocycles. The molecule has 0 spiro atoms. The summed E-state index contributed by atoms with van der Waals surface area (Å²) in [6, 6.07) is 5.19. The van der Waals surface area contributed by atoms with E-state index < -0.39 is 12.0 Å². The van der Waals surface area contributed by atoms with Gasteiger partial charge in [-0.25, -0.2) is 4.98 Å². The number of carboxylic acids is 1. The van der Waals surface area contributed by atoms with Gasteiger partial charge in [0.2, 0.25) is 0 Å². The number of carbonyl (C=O) groups is 1. The molecule has 1 N–H and O–H groups in total. The number of pyridine rings is 1. The van der Waals surface area contributed by atoms with Crippen LogP contribution >= 0.6 is 0 Å². The van der Waals surface area contributed by atoms with E-state index in [1.165, 1.54) is 0 Å². The topological polar surface area (TPSA) is 77.2 Å². The molecule has 1 atom stereocenters. The molecule has 0 saturated carbocycles. The van der Waals surface area contributed by atoms with Crippen LogP contribution in [0.2, 0.25) is 0 Å². The molecular formula is C12H13N3O2. The van der Waals surface area contributed by atoms with Crippen LogP contribution in [0.3, 0.4) is 0 Å². The molecule has 17 heavy (non-hydrogen) atoms. The van der Waals surface area contributed by atoms with Gasteiger partial charge in [0.05, 0.1) is 0 Å². The maximum absolute atomic E-state index is 11.0. The second-order valence-corrected chi connectivity index (χ2v) is 4.09. The maximum Gasteiger partial charge on any atom is 0.320 e. The van der Waals surface area contributed by atoms with E-state index in [1.807, 2.05) is 17.0 Å². The first kappa shape index (κ1) is 11.6. The van der Waals surface area contributed by atoms with Crippen LogP contribution in [-0.2, 0) is 11.3 Å². The lowest BCUT2D eigenvalue weighted by molar-refractivity contribution is -0.142. The Balaban J connectivity index is 2.15. The van der Waals surface area contributed by atoms with Gasteiger partial charge < -0.3 is 5.11 Å². The average molecular weight is 231 g/mol. The number of nitrogens with zero attached hydrogens (tertiary/aromatic N) is 3. The maximum atomic E-state index is 11.0. The van der Waals surface area contributed by atoms with Crippen LogP contribution in [0.25, 0.3) is 0 Å². The van der Waals surface area contributed by atoms with Crippen LogP contribution < -0.4 is 0 Å². The number of likely N-dealkylation sites (tertiary alicyclic amines) is 1. The smallest absolute Gasteiger partial charge is 0.320 e. The van der Waals surface area contributed by atoms with Crippen molar-refractivity contribution in [2.75, 3.05) is 6.54 Å². The SMILES string of the molecule is N#Cc1ncccc1CN1CCCC1C(=O)O. The lowest BCUT2D eigenvalue weighted by Gasteiger charge is -2.21. The van der Waals surface area contributed by atoms with Crippen molar-refractivity contribution in [3.05, 3.63) is 29.6 Å². The number of hydrogen-bond acceptors (Lipinski definition) is 4. The molecular weight excluding hydrogens is 218 g/mol. The van der Waals surface area contributed by atoms with Crippen LogP contribution in [0.15, 0.2) is 18.3 Å². The Kier molecular flexibility index (Phi) is 3.35. The first-order valence-corrected chi connectivity index (χ1v) is 5.53. The van der Waals surface area contributed by atoms with Crippen molar-refractivity contribution in [3.8, 4) is 6.07 Å². The third-order valence-electron chi connectivity index (χ3n) is 3.02. The third kappa shape index (κ3) is 2.43. The highest BCUT2D eigenvalue weighted by Crippen LogP contribution is 2.20. The summed E-state index contributed by atoms with van der Waals surface area (Å²) in [5.41, 5.74) is 1.17. The summed E-state index contributed by atoms with van der Waals surface area (Å²) in [6.07, 6.45) is 3.14. The lowest BCUT2D eigenvalue weighted by Crippen LogP contribution is -2.35. The monoisotopic (exact) mass is 231 g/mol. The number of hydrogen-bond donors (Lipinski definition) is 1. The minimum absolute atomic E-state index is 0.378. The summed E-state index contributed by atoms with van der Waals surface area (Å²) >= 11 is 0. The van der Waals surface area contributed by atoms with Gasteiger partial charge in [-0.2, -0.15) is 5.26 Å². The van der Waals surface area contributed by atoms with Gasteiger partial charge in [0.25, 0.3) is 0 Å². The Morgan fingerprint density at radius 3 is 3.24 bits per heavy atom. The van der Waals surface area contributed by atoms with Gasteiger partial charge in [0.1, 0.15) is 17.8 Å². The minimum Gasteiger partial charge on any atom is -0.480 e. The molecule has 0 aromatic carbocycles. The molecule has 0 bridgehead atoms. The highest BCUT2D eigenvalue weighted by atomic mass is 16.4. The van der Waals surface area contributed by atoms with E-state index in [2.05, 4.69) is 4.98 Å². The van der Waals surface area contributed by atoms with Crippen molar-refractivity contribution in [2.24, 2.45) is 0 Å². The third-order valence-corrected chi connectivity index (χ3v) is 3.02. The number of aliphatic carboxylic acids is 1. The molecule has 1 fully saturated rings. The Hall–Kier alpha value is -1.93. The Morgan fingerprint density at radius 1 is 1.71 bits per heavy atom. The lowest BCUT2D eigenvalue weighted by atomic mass is 10.1. The van der Waals surface area contributed by atoms with E-state index in [0.717, 1.165) is 18.5 Å². The predicted octanol–water partition coefficient (Wildman–Crippen LogP) is 1.00. The Labute approximate surface area is 99.3 Å². The van der Waals surface area contributed by atoms with Gasteiger partial charge in [-0.3, -0.25) is 9.69 Å². The highest BCUT2D eigenvalue weighted by molar-refractivity contribution is 5.73. The first-order chi connectivity index (χ1) is 8.22.